The average Bonchev–Trinajstić information content (AvgIpc) is 2.82. The number of ether oxygens (including phenoxy) is 3. The van der Waals surface area contributed by atoms with Gasteiger partial charge in [-0.05, 0) is 17.5 Å². The van der Waals surface area contributed by atoms with Crippen molar-refractivity contribution in [1.29, 1.82) is 0 Å². The van der Waals surface area contributed by atoms with Crippen LogP contribution in [0.15, 0.2) is 30.3 Å². The number of hydrogen-bond acceptors (Lipinski definition) is 7. The third-order valence-electron chi connectivity index (χ3n) is 3.86. The average molecular weight is 322 g/mol. The van der Waals surface area contributed by atoms with Gasteiger partial charge in [0, 0.05) is 6.07 Å². The Kier molecular flexibility index (Phi) is 4.27. The number of methoxy groups -OCH3 is 1. The third-order valence-corrected chi connectivity index (χ3v) is 3.86. The molecule has 124 valence electrons. The fraction of sp³-hybridized carbons (Fsp3) is 0.375. The lowest BCUT2D eigenvalue weighted by Crippen LogP contribution is -2.35. The molecule has 0 aliphatic carbocycles. The number of benzene rings is 2. The standard InChI is InChI=1S/C16H18O7/c1-21-11-6-9(5-8-3-2-4-10(18)13(8)11)22-16-15(20)14(19)12(7-17)23-16/h2-6,12,14-20H,7H2,1H3/t12-,14-,15-,16-/m1/s1. The van der Waals surface area contributed by atoms with Crippen molar-refractivity contribution in [2.45, 2.75) is 24.6 Å². The highest BCUT2D eigenvalue weighted by Gasteiger charge is 2.43. The van der Waals surface area contributed by atoms with E-state index in [4.69, 9.17) is 19.3 Å². The van der Waals surface area contributed by atoms with E-state index in [1.807, 2.05) is 0 Å². The molecule has 0 aromatic heterocycles. The lowest BCUT2D eigenvalue weighted by Gasteiger charge is -2.18. The van der Waals surface area contributed by atoms with Gasteiger partial charge in [-0.15, -0.1) is 0 Å². The molecule has 1 aliphatic rings. The van der Waals surface area contributed by atoms with Crippen LogP contribution in [0.1, 0.15) is 0 Å². The summed E-state index contributed by atoms with van der Waals surface area (Å²) in [6.07, 6.45) is -4.52. The van der Waals surface area contributed by atoms with Crippen molar-refractivity contribution in [2.75, 3.05) is 13.7 Å². The highest BCUT2D eigenvalue weighted by Crippen LogP contribution is 2.37. The first-order valence-electron chi connectivity index (χ1n) is 7.14. The second-order valence-corrected chi connectivity index (χ2v) is 5.33. The topological polar surface area (TPSA) is 109 Å². The zero-order chi connectivity index (χ0) is 16.6. The molecule has 0 radical (unpaired) electrons. The number of phenols is 1. The Balaban J connectivity index is 1.92. The molecule has 0 amide bonds. The number of phenolic OH excluding ortho intramolecular Hbond substituents is 1. The second-order valence-electron chi connectivity index (χ2n) is 5.33. The van der Waals surface area contributed by atoms with Crippen molar-refractivity contribution < 1.29 is 34.6 Å². The number of aliphatic hydroxyl groups is 3. The Labute approximate surface area is 132 Å². The van der Waals surface area contributed by atoms with E-state index in [1.54, 1.807) is 30.3 Å². The molecule has 1 fully saturated rings. The molecule has 0 bridgehead atoms. The molecule has 0 spiro atoms. The van der Waals surface area contributed by atoms with Crippen LogP contribution in [0, 0.1) is 0 Å². The van der Waals surface area contributed by atoms with Crippen LogP contribution >= 0.6 is 0 Å². The molecule has 1 saturated heterocycles. The Morgan fingerprint density at radius 2 is 1.96 bits per heavy atom. The molecule has 4 N–H and O–H groups in total. The van der Waals surface area contributed by atoms with E-state index in [1.165, 1.54) is 7.11 Å². The summed E-state index contributed by atoms with van der Waals surface area (Å²) in [4.78, 5) is 0. The molecule has 7 nitrogen and oxygen atoms in total. The first-order chi connectivity index (χ1) is 11.0. The lowest BCUT2D eigenvalue weighted by molar-refractivity contribution is -0.116. The molecule has 0 saturated carbocycles. The largest absolute Gasteiger partial charge is 0.507 e. The van der Waals surface area contributed by atoms with E-state index in [0.717, 1.165) is 0 Å². The Bertz CT molecular complexity index is 702. The first-order valence-corrected chi connectivity index (χ1v) is 7.14. The van der Waals surface area contributed by atoms with Gasteiger partial charge in [0.25, 0.3) is 0 Å². The maximum Gasteiger partial charge on any atom is 0.229 e. The van der Waals surface area contributed by atoms with Gasteiger partial charge in [-0.2, -0.15) is 0 Å². The number of fused-ring (bicyclic) bond motifs is 1. The van der Waals surface area contributed by atoms with E-state index in [2.05, 4.69) is 0 Å². The third kappa shape index (κ3) is 2.79. The minimum absolute atomic E-state index is 0.0822. The number of aromatic hydroxyl groups is 1. The normalized spacial score (nSPS) is 27.3. The van der Waals surface area contributed by atoms with Crippen molar-refractivity contribution in [1.82, 2.24) is 0 Å². The fourth-order valence-corrected chi connectivity index (χ4v) is 2.67. The monoisotopic (exact) mass is 322 g/mol. The van der Waals surface area contributed by atoms with Gasteiger partial charge in [-0.1, -0.05) is 12.1 Å². The Morgan fingerprint density at radius 3 is 2.61 bits per heavy atom. The molecular formula is C16H18O7. The van der Waals surface area contributed by atoms with Crippen molar-refractivity contribution in [2.24, 2.45) is 0 Å². The number of hydrogen-bond donors (Lipinski definition) is 4. The van der Waals surface area contributed by atoms with Gasteiger partial charge < -0.3 is 34.6 Å². The minimum atomic E-state index is -1.28. The summed E-state index contributed by atoms with van der Waals surface area (Å²) >= 11 is 0. The molecule has 23 heavy (non-hydrogen) atoms. The zero-order valence-corrected chi connectivity index (χ0v) is 12.4. The van der Waals surface area contributed by atoms with Crippen LogP contribution in [0.3, 0.4) is 0 Å². The van der Waals surface area contributed by atoms with Gasteiger partial charge in [0.05, 0.1) is 19.1 Å². The van der Waals surface area contributed by atoms with Crippen LogP contribution in [0.2, 0.25) is 0 Å². The first kappa shape index (κ1) is 15.8. The van der Waals surface area contributed by atoms with E-state index >= 15 is 0 Å². The molecule has 7 heteroatoms. The van der Waals surface area contributed by atoms with Crippen molar-refractivity contribution in [3.8, 4) is 17.2 Å². The van der Waals surface area contributed by atoms with Crippen LogP contribution in [-0.2, 0) is 4.74 Å². The molecule has 4 atom stereocenters. The molecular weight excluding hydrogens is 304 g/mol. The smallest absolute Gasteiger partial charge is 0.229 e. The summed E-state index contributed by atoms with van der Waals surface area (Å²) < 4.78 is 16.1. The summed E-state index contributed by atoms with van der Waals surface area (Å²) in [5, 5.41) is 39.9. The summed E-state index contributed by atoms with van der Waals surface area (Å²) in [6.45, 7) is -0.424. The van der Waals surface area contributed by atoms with E-state index in [0.29, 0.717) is 22.3 Å². The Hall–Kier alpha value is -2.06. The highest BCUT2D eigenvalue weighted by molar-refractivity contribution is 5.94. The van der Waals surface area contributed by atoms with Gasteiger partial charge in [0.2, 0.25) is 6.29 Å². The maximum atomic E-state index is 9.96. The Morgan fingerprint density at radius 1 is 1.17 bits per heavy atom. The molecule has 0 unspecified atom stereocenters. The van der Waals surface area contributed by atoms with Crippen LogP contribution in [0.25, 0.3) is 10.8 Å². The zero-order valence-electron chi connectivity index (χ0n) is 12.4. The summed E-state index contributed by atoms with van der Waals surface area (Å²) in [6, 6.07) is 8.23. The predicted molar refractivity (Wildman–Crippen MR) is 80.6 cm³/mol. The predicted octanol–water partition coefficient (Wildman–Crippen LogP) is 0.372. The van der Waals surface area contributed by atoms with E-state index in [-0.39, 0.29) is 5.75 Å². The molecule has 2 aromatic carbocycles. The summed E-state index contributed by atoms with van der Waals surface area (Å²) in [7, 11) is 1.47. The highest BCUT2D eigenvalue weighted by atomic mass is 16.7. The van der Waals surface area contributed by atoms with Crippen molar-refractivity contribution in [3.05, 3.63) is 30.3 Å². The van der Waals surface area contributed by atoms with Gasteiger partial charge in [-0.25, -0.2) is 0 Å². The summed E-state index contributed by atoms with van der Waals surface area (Å²) in [5.41, 5.74) is 0. The van der Waals surface area contributed by atoms with Crippen LogP contribution in [0.4, 0.5) is 0 Å². The molecule has 3 rings (SSSR count). The van der Waals surface area contributed by atoms with Gasteiger partial charge in [0.15, 0.2) is 0 Å². The van der Waals surface area contributed by atoms with Crippen LogP contribution in [0.5, 0.6) is 17.2 Å². The molecule has 1 aliphatic heterocycles. The summed E-state index contributed by atoms with van der Waals surface area (Å²) in [5.74, 6) is 0.830. The van der Waals surface area contributed by atoms with Crippen molar-refractivity contribution >= 4 is 10.8 Å². The molecule has 1 heterocycles. The van der Waals surface area contributed by atoms with Crippen LogP contribution < -0.4 is 9.47 Å². The molecule has 2 aromatic rings. The van der Waals surface area contributed by atoms with Gasteiger partial charge >= 0.3 is 0 Å². The van der Waals surface area contributed by atoms with Crippen molar-refractivity contribution in [3.63, 3.8) is 0 Å². The number of aliphatic hydroxyl groups excluding tert-OH is 3. The van der Waals surface area contributed by atoms with Gasteiger partial charge in [0.1, 0.15) is 35.6 Å². The minimum Gasteiger partial charge on any atom is -0.507 e. The number of rotatable bonds is 4. The van der Waals surface area contributed by atoms with E-state index < -0.39 is 31.2 Å². The quantitative estimate of drug-likeness (QED) is 0.644. The SMILES string of the molecule is COc1cc(O[C@@H]2O[C@H](CO)[C@@H](O)[C@H]2O)cc2cccc(O)c12. The van der Waals surface area contributed by atoms with Crippen LogP contribution in [-0.4, -0.2) is 58.7 Å². The lowest BCUT2D eigenvalue weighted by atomic mass is 10.1. The van der Waals surface area contributed by atoms with E-state index in [9.17, 15) is 15.3 Å². The second kappa shape index (κ2) is 6.21. The van der Waals surface area contributed by atoms with Gasteiger partial charge in [-0.3, -0.25) is 0 Å². The fourth-order valence-electron chi connectivity index (χ4n) is 2.67. The maximum absolute atomic E-state index is 9.96.